The van der Waals surface area contributed by atoms with Crippen LogP contribution in [0.25, 0.3) is 0 Å². The molecule has 94 valence electrons. The first-order chi connectivity index (χ1) is 7.98. The molecule has 0 unspecified atom stereocenters. The van der Waals surface area contributed by atoms with Crippen molar-refractivity contribution in [3.05, 3.63) is 18.3 Å². The summed E-state index contributed by atoms with van der Waals surface area (Å²) in [7, 11) is 2.16. The highest BCUT2D eigenvalue weighted by molar-refractivity contribution is 5.48. The molecule has 0 atom stereocenters. The van der Waals surface area contributed by atoms with Crippen LogP contribution in [0.15, 0.2) is 18.3 Å². The van der Waals surface area contributed by atoms with Gasteiger partial charge in [0.25, 0.3) is 0 Å². The van der Waals surface area contributed by atoms with Gasteiger partial charge in [0.1, 0.15) is 5.82 Å². The van der Waals surface area contributed by atoms with Gasteiger partial charge in [-0.15, -0.1) is 0 Å². The number of hydrogen-bond acceptors (Lipinski definition) is 3. The second-order valence-electron chi connectivity index (χ2n) is 5.95. The molecule has 2 N–H and O–H groups in total. The number of aromatic nitrogens is 1. The maximum atomic E-state index is 5.61. The molecule has 1 saturated carbocycles. The summed E-state index contributed by atoms with van der Waals surface area (Å²) in [6, 6.07) is 4.58. The normalized spacial score (nSPS) is 20.2. The molecule has 1 aromatic heterocycles. The summed E-state index contributed by atoms with van der Waals surface area (Å²) in [4.78, 5) is 6.51. The largest absolute Gasteiger partial charge is 0.384 e. The average molecular weight is 233 g/mol. The van der Waals surface area contributed by atoms with E-state index in [9.17, 15) is 0 Å². The quantitative estimate of drug-likeness (QED) is 0.853. The van der Waals surface area contributed by atoms with Crippen molar-refractivity contribution in [3.8, 4) is 0 Å². The van der Waals surface area contributed by atoms with Crippen molar-refractivity contribution < 1.29 is 0 Å². The zero-order valence-corrected chi connectivity index (χ0v) is 11.1. The minimum Gasteiger partial charge on any atom is -0.384 e. The number of nitrogens with two attached hydrogens (primary N) is 1. The zero-order valence-electron chi connectivity index (χ0n) is 11.1. The second-order valence-corrected chi connectivity index (χ2v) is 5.95. The van der Waals surface area contributed by atoms with E-state index in [1.54, 1.807) is 0 Å². The van der Waals surface area contributed by atoms with Gasteiger partial charge in [-0.2, -0.15) is 0 Å². The maximum absolute atomic E-state index is 5.61. The summed E-state index contributed by atoms with van der Waals surface area (Å²) in [6.45, 7) is 4.74. The summed E-state index contributed by atoms with van der Waals surface area (Å²) in [5.41, 5.74) is 7.31. The van der Waals surface area contributed by atoms with E-state index in [2.05, 4.69) is 36.8 Å². The van der Waals surface area contributed by atoms with Crippen LogP contribution in [0.2, 0.25) is 0 Å². The third-order valence-electron chi connectivity index (χ3n) is 4.03. The summed E-state index contributed by atoms with van der Waals surface area (Å²) < 4.78 is 0. The van der Waals surface area contributed by atoms with Crippen molar-refractivity contribution >= 4 is 11.5 Å². The highest BCUT2D eigenvalue weighted by Crippen LogP contribution is 2.37. The van der Waals surface area contributed by atoms with E-state index in [0.29, 0.717) is 17.3 Å². The molecule has 17 heavy (non-hydrogen) atoms. The van der Waals surface area contributed by atoms with Crippen molar-refractivity contribution in [1.82, 2.24) is 4.98 Å². The van der Waals surface area contributed by atoms with Crippen molar-refractivity contribution in [2.45, 2.75) is 45.6 Å². The SMILES string of the molecule is CN(c1ccc(N)nc1)C1CCC(C)(C)CC1. The second kappa shape index (κ2) is 4.55. The van der Waals surface area contributed by atoms with Crippen LogP contribution < -0.4 is 10.6 Å². The van der Waals surface area contributed by atoms with Crippen molar-refractivity contribution in [3.63, 3.8) is 0 Å². The van der Waals surface area contributed by atoms with Gasteiger partial charge in [-0.05, 0) is 43.2 Å². The molecule has 2 rings (SSSR count). The molecule has 0 aromatic carbocycles. The minimum absolute atomic E-state index is 0.525. The van der Waals surface area contributed by atoms with Crippen LogP contribution in [0.1, 0.15) is 39.5 Å². The van der Waals surface area contributed by atoms with E-state index in [1.807, 2.05) is 12.3 Å². The zero-order chi connectivity index (χ0) is 12.5. The first-order valence-corrected chi connectivity index (χ1v) is 6.42. The molecule has 0 saturated heterocycles. The van der Waals surface area contributed by atoms with E-state index in [1.165, 1.54) is 31.4 Å². The lowest BCUT2D eigenvalue weighted by molar-refractivity contribution is 0.222. The Hall–Kier alpha value is -1.25. The molecule has 1 aliphatic carbocycles. The van der Waals surface area contributed by atoms with Gasteiger partial charge < -0.3 is 10.6 Å². The lowest BCUT2D eigenvalue weighted by Gasteiger charge is -2.39. The van der Waals surface area contributed by atoms with E-state index >= 15 is 0 Å². The van der Waals surface area contributed by atoms with Gasteiger partial charge in [-0.25, -0.2) is 4.98 Å². The third kappa shape index (κ3) is 2.90. The third-order valence-corrected chi connectivity index (χ3v) is 4.03. The van der Waals surface area contributed by atoms with Crippen LogP contribution >= 0.6 is 0 Å². The first-order valence-electron chi connectivity index (χ1n) is 6.42. The highest BCUT2D eigenvalue weighted by Gasteiger charge is 2.28. The Kier molecular flexibility index (Phi) is 3.27. The molecule has 3 heteroatoms. The number of hydrogen-bond donors (Lipinski definition) is 1. The molecule has 0 radical (unpaired) electrons. The topological polar surface area (TPSA) is 42.1 Å². The maximum Gasteiger partial charge on any atom is 0.123 e. The molecule has 0 spiro atoms. The summed E-state index contributed by atoms with van der Waals surface area (Å²) >= 11 is 0. The Balaban J connectivity index is 2.01. The van der Waals surface area contributed by atoms with Gasteiger partial charge in [0.15, 0.2) is 0 Å². The van der Waals surface area contributed by atoms with Gasteiger partial charge in [0, 0.05) is 13.1 Å². The van der Waals surface area contributed by atoms with Crippen molar-refractivity contribution in [2.24, 2.45) is 5.41 Å². The van der Waals surface area contributed by atoms with Crippen molar-refractivity contribution in [1.29, 1.82) is 0 Å². The lowest BCUT2D eigenvalue weighted by atomic mass is 9.75. The Morgan fingerprint density at radius 2 is 1.94 bits per heavy atom. The number of pyridine rings is 1. The molecule has 3 nitrogen and oxygen atoms in total. The predicted octanol–water partition coefficient (Wildman–Crippen LogP) is 3.07. The molecular weight excluding hydrogens is 210 g/mol. The van der Waals surface area contributed by atoms with Crippen LogP contribution in [0.4, 0.5) is 11.5 Å². The number of anilines is 2. The molecule has 1 heterocycles. The van der Waals surface area contributed by atoms with E-state index in [0.717, 1.165) is 0 Å². The first kappa shape index (κ1) is 12.2. The van der Waals surface area contributed by atoms with Gasteiger partial charge in [0.05, 0.1) is 11.9 Å². The van der Waals surface area contributed by atoms with Gasteiger partial charge >= 0.3 is 0 Å². The summed E-state index contributed by atoms with van der Waals surface area (Å²) in [5.74, 6) is 0.590. The van der Waals surface area contributed by atoms with Crippen LogP contribution in [0.5, 0.6) is 0 Å². The van der Waals surface area contributed by atoms with Crippen molar-refractivity contribution in [2.75, 3.05) is 17.7 Å². The predicted molar refractivity (Wildman–Crippen MR) is 73.1 cm³/mol. The highest BCUT2D eigenvalue weighted by atomic mass is 15.1. The van der Waals surface area contributed by atoms with Crippen LogP contribution in [-0.4, -0.2) is 18.1 Å². The molecule has 1 aliphatic rings. The average Bonchev–Trinajstić information content (AvgIpc) is 2.29. The molecule has 0 bridgehead atoms. The Morgan fingerprint density at radius 3 is 2.47 bits per heavy atom. The molecular formula is C14H23N3. The van der Waals surface area contributed by atoms with E-state index in [4.69, 9.17) is 5.73 Å². The minimum atomic E-state index is 0.525. The fraction of sp³-hybridized carbons (Fsp3) is 0.643. The van der Waals surface area contributed by atoms with E-state index < -0.39 is 0 Å². The van der Waals surface area contributed by atoms with E-state index in [-0.39, 0.29) is 0 Å². The standard InChI is InChI=1S/C14H23N3/c1-14(2)8-6-11(7-9-14)17(3)12-4-5-13(15)16-10-12/h4-5,10-11H,6-9H2,1-3H3,(H2,15,16). The van der Waals surface area contributed by atoms with Gasteiger partial charge in [-0.3, -0.25) is 0 Å². The molecule has 0 aliphatic heterocycles. The molecule has 1 aromatic rings. The lowest BCUT2D eigenvalue weighted by Crippen LogP contribution is -2.37. The Labute approximate surface area is 104 Å². The fourth-order valence-electron chi connectivity index (χ4n) is 2.59. The molecule has 1 fully saturated rings. The Bertz CT molecular complexity index is 360. The van der Waals surface area contributed by atoms with Crippen LogP contribution in [-0.2, 0) is 0 Å². The Morgan fingerprint density at radius 1 is 1.29 bits per heavy atom. The van der Waals surface area contributed by atoms with Gasteiger partial charge in [-0.1, -0.05) is 13.8 Å². The number of nitrogen functional groups attached to an aromatic ring is 1. The number of nitrogens with zero attached hydrogens (tertiary/aromatic N) is 2. The monoisotopic (exact) mass is 233 g/mol. The van der Waals surface area contributed by atoms with Crippen LogP contribution in [0.3, 0.4) is 0 Å². The number of rotatable bonds is 2. The fourth-order valence-corrected chi connectivity index (χ4v) is 2.59. The summed E-state index contributed by atoms with van der Waals surface area (Å²) in [5, 5.41) is 0. The smallest absolute Gasteiger partial charge is 0.123 e. The van der Waals surface area contributed by atoms with Gasteiger partial charge in [0.2, 0.25) is 0 Å². The van der Waals surface area contributed by atoms with Crippen LogP contribution in [0, 0.1) is 5.41 Å². The molecule has 0 amide bonds. The summed E-state index contributed by atoms with van der Waals surface area (Å²) in [6.07, 6.45) is 7.03.